The number of fused-ring (bicyclic) bond motifs is 1. The first-order chi connectivity index (χ1) is 12.3. The van der Waals surface area contributed by atoms with E-state index in [0.29, 0.717) is 25.2 Å². The lowest BCUT2D eigenvalue weighted by molar-refractivity contribution is 0.0193. The van der Waals surface area contributed by atoms with Crippen molar-refractivity contribution in [3.05, 3.63) is 39.0 Å². The van der Waals surface area contributed by atoms with E-state index in [0.717, 1.165) is 23.8 Å². The molecule has 3 rings (SSSR count). The number of ether oxygens (including phenoxy) is 1. The number of rotatable bonds is 5. The van der Waals surface area contributed by atoms with E-state index in [9.17, 15) is 18.0 Å². The molecule has 2 heterocycles. The molecule has 26 heavy (non-hydrogen) atoms. The standard InChI is InChI=1S/C17H23N3O5S/c1-3-9-25-12-5-4-8-20(11-12)26(23,24)13-6-7-15-14(10-13)16(21)19(2)17(22)18-15/h6-7,10,12H,3-5,8-9,11H2,1-2H3,(H,18,22). The van der Waals surface area contributed by atoms with Gasteiger partial charge in [-0.2, -0.15) is 4.31 Å². The highest BCUT2D eigenvalue weighted by Crippen LogP contribution is 2.23. The van der Waals surface area contributed by atoms with Crippen molar-refractivity contribution >= 4 is 20.9 Å². The summed E-state index contributed by atoms with van der Waals surface area (Å²) in [5.74, 6) is 0. The van der Waals surface area contributed by atoms with Crippen molar-refractivity contribution in [2.45, 2.75) is 37.2 Å². The smallest absolute Gasteiger partial charge is 0.328 e. The molecule has 1 saturated heterocycles. The van der Waals surface area contributed by atoms with Crippen LogP contribution in [0.1, 0.15) is 26.2 Å². The average molecular weight is 381 g/mol. The number of H-pyrrole nitrogens is 1. The summed E-state index contributed by atoms with van der Waals surface area (Å²) in [5.41, 5.74) is -0.742. The van der Waals surface area contributed by atoms with Gasteiger partial charge in [-0.15, -0.1) is 0 Å². The Kier molecular flexibility index (Phi) is 5.31. The summed E-state index contributed by atoms with van der Waals surface area (Å²) in [6, 6.07) is 4.21. The van der Waals surface area contributed by atoms with Gasteiger partial charge >= 0.3 is 5.69 Å². The SMILES string of the molecule is CCCOC1CCCN(S(=O)(=O)c2ccc3[nH]c(=O)n(C)c(=O)c3c2)C1. The van der Waals surface area contributed by atoms with Gasteiger partial charge in [-0.05, 0) is 37.5 Å². The molecule has 9 heteroatoms. The first kappa shape index (κ1) is 18.8. The molecular formula is C17H23N3O5S. The van der Waals surface area contributed by atoms with E-state index in [1.807, 2.05) is 6.92 Å². The summed E-state index contributed by atoms with van der Waals surface area (Å²) in [4.78, 5) is 26.6. The summed E-state index contributed by atoms with van der Waals surface area (Å²) in [7, 11) is -2.39. The third-order valence-corrected chi connectivity index (χ3v) is 6.47. The second-order valence-corrected chi connectivity index (χ2v) is 8.44. The molecule has 0 aliphatic carbocycles. The molecule has 0 spiro atoms. The Balaban J connectivity index is 1.96. The molecule has 1 aromatic carbocycles. The fourth-order valence-corrected chi connectivity index (χ4v) is 4.67. The Hall–Kier alpha value is -1.97. The van der Waals surface area contributed by atoms with Gasteiger partial charge in [-0.1, -0.05) is 6.92 Å². The van der Waals surface area contributed by atoms with Crippen LogP contribution in [0.3, 0.4) is 0 Å². The van der Waals surface area contributed by atoms with Crippen LogP contribution in [-0.4, -0.2) is 48.1 Å². The van der Waals surface area contributed by atoms with Crippen molar-refractivity contribution in [3.63, 3.8) is 0 Å². The number of aromatic nitrogens is 2. The third kappa shape index (κ3) is 3.46. The number of benzene rings is 1. The first-order valence-corrected chi connectivity index (χ1v) is 10.1. The molecule has 1 aliphatic rings. The maximum atomic E-state index is 13.0. The zero-order valence-corrected chi connectivity index (χ0v) is 15.7. The zero-order valence-electron chi connectivity index (χ0n) is 14.9. The first-order valence-electron chi connectivity index (χ1n) is 8.69. The summed E-state index contributed by atoms with van der Waals surface area (Å²) >= 11 is 0. The lowest BCUT2D eigenvalue weighted by Crippen LogP contribution is -2.43. The van der Waals surface area contributed by atoms with Gasteiger partial charge in [-0.3, -0.25) is 9.36 Å². The molecule has 0 radical (unpaired) electrons. The number of nitrogens with one attached hydrogen (secondary N) is 1. The van der Waals surface area contributed by atoms with E-state index in [4.69, 9.17) is 4.74 Å². The van der Waals surface area contributed by atoms with E-state index < -0.39 is 21.3 Å². The lowest BCUT2D eigenvalue weighted by Gasteiger charge is -2.31. The predicted molar refractivity (Wildman–Crippen MR) is 97.8 cm³/mol. The molecule has 1 atom stereocenters. The van der Waals surface area contributed by atoms with Crippen LogP contribution >= 0.6 is 0 Å². The minimum absolute atomic E-state index is 0.0466. The van der Waals surface area contributed by atoms with Gasteiger partial charge in [0.2, 0.25) is 10.0 Å². The molecule has 1 fully saturated rings. The number of hydrogen-bond acceptors (Lipinski definition) is 5. The molecule has 1 unspecified atom stereocenters. The summed E-state index contributed by atoms with van der Waals surface area (Å²) in [6.07, 6.45) is 2.35. The normalized spacial score (nSPS) is 19.1. The van der Waals surface area contributed by atoms with Crippen LogP contribution in [0, 0.1) is 0 Å². The molecule has 8 nitrogen and oxygen atoms in total. The highest BCUT2D eigenvalue weighted by Gasteiger charge is 2.31. The fraction of sp³-hybridized carbons (Fsp3) is 0.529. The summed E-state index contributed by atoms with van der Waals surface area (Å²) < 4.78 is 34.1. The maximum absolute atomic E-state index is 13.0. The lowest BCUT2D eigenvalue weighted by atomic mass is 10.1. The van der Waals surface area contributed by atoms with E-state index in [1.165, 1.54) is 29.6 Å². The average Bonchev–Trinajstić information content (AvgIpc) is 2.64. The third-order valence-electron chi connectivity index (χ3n) is 4.61. The predicted octanol–water partition coefficient (Wildman–Crippen LogP) is 0.806. The van der Waals surface area contributed by atoms with Crippen LogP contribution in [0.4, 0.5) is 0 Å². The van der Waals surface area contributed by atoms with E-state index in [2.05, 4.69) is 4.98 Å². The number of hydrogen-bond donors (Lipinski definition) is 1. The minimum atomic E-state index is -3.74. The van der Waals surface area contributed by atoms with Crippen molar-refractivity contribution < 1.29 is 13.2 Å². The molecule has 142 valence electrons. The molecule has 0 saturated carbocycles. The Morgan fingerprint density at radius 3 is 2.81 bits per heavy atom. The van der Waals surface area contributed by atoms with Gasteiger partial charge in [0.15, 0.2) is 0 Å². The van der Waals surface area contributed by atoms with Gasteiger partial charge in [0.1, 0.15) is 0 Å². The quantitative estimate of drug-likeness (QED) is 0.826. The molecule has 2 aromatic rings. The van der Waals surface area contributed by atoms with Gasteiger partial charge in [0, 0.05) is 26.7 Å². The van der Waals surface area contributed by atoms with Crippen molar-refractivity contribution in [2.24, 2.45) is 7.05 Å². The second kappa shape index (κ2) is 7.34. The van der Waals surface area contributed by atoms with E-state index in [1.54, 1.807) is 0 Å². The van der Waals surface area contributed by atoms with Gasteiger partial charge in [-0.25, -0.2) is 13.2 Å². The summed E-state index contributed by atoms with van der Waals surface area (Å²) in [6.45, 7) is 3.36. The van der Waals surface area contributed by atoms with Crippen molar-refractivity contribution in [1.29, 1.82) is 0 Å². The van der Waals surface area contributed by atoms with E-state index in [-0.39, 0.29) is 16.4 Å². The van der Waals surface area contributed by atoms with Crippen molar-refractivity contribution in [1.82, 2.24) is 13.9 Å². The van der Waals surface area contributed by atoms with Crippen LogP contribution in [0.2, 0.25) is 0 Å². The second-order valence-electron chi connectivity index (χ2n) is 6.50. The molecule has 0 bridgehead atoms. The van der Waals surface area contributed by atoms with Crippen LogP contribution in [0.5, 0.6) is 0 Å². The molecule has 0 amide bonds. The number of piperidine rings is 1. The van der Waals surface area contributed by atoms with Crippen LogP contribution < -0.4 is 11.2 Å². The molecular weight excluding hydrogens is 358 g/mol. The highest BCUT2D eigenvalue weighted by molar-refractivity contribution is 7.89. The van der Waals surface area contributed by atoms with Crippen molar-refractivity contribution in [2.75, 3.05) is 19.7 Å². The highest BCUT2D eigenvalue weighted by atomic mass is 32.2. The van der Waals surface area contributed by atoms with Crippen LogP contribution in [-0.2, 0) is 21.8 Å². The van der Waals surface area contributed by atoms with Gasteiger partial charge < -0.3 is 9.72 Å². The molecule has 1 aromatic heterocycles. The monoisotopic (exact) mass is 381 g/mol. The van der Waals surface area contributed by atoms with Gasteiger partial charge in [0.25, 0.3) is 5.56 Å². The number of aromatic amines is 1. The molecule has 1 N–H and O–H groups in total. The summed E-state index contributed by atoms with van der Waals surface area (Å²) in [5, 5.41) is 0.170. The fourth-order valence-electron chi connectivity index (χ4n) is 3.13. The Labute approximate surface area is 151 Å². The number of nitrogens with zero attached hydrogens (tertiary/aromatic N) is 2. The van der Waals surface area contributed by atoms with E-state index >= 15 is 0 Å². The molecule has 1 aliphatic heterocycles. The largest absolute Gasteiger partial charge is 0.377 e. The van der Waals surface area contributed by atoms with Crippen LogP contribution in [0.15, 0.2) is 32.7 Å². The number of sulfonamides is 1. The van der Waals surface area contributed by atoms with Crippen molar-refractivity contribution in [3.8, 4) is 0 Å². The maximum Gasteiger partial charge on any atom is 0.328 e. The Bertz CT molecular complexity index is 1020. The topological polar surface area (TPSA) is 101 Å². The Morgan fingerprint density at radius 1 is 1.31 bits per heavy atom. The van der Waals surface area contributed by atoms with Gasteiger partial charge in [0.05, 0.1) is 21.9 Å². The Morgan fingerprint density at radius 2 is 2.08 bits per heavy atom. The van der Waals surface area contributed by atoms with Crippen LogP contribution in [0.25, 0.3) is 10.9 Å². The zero-order chi connectivity index (χ0) is 18.9. The minimum Gasteiger partial charge on any atom is -0.377 e.